The van der Waals surface area contributed by atoms with Gasteiger partial charge < -0.3 is 26.8 Å². The molecule has 0 radical (unpaired) electrons. The van der Waals surface area contributed by atoms with Crippen molar-refractivity contribution in [1.82, 2.24) is 9.97 Å². The summed E-state index contributed by atoms with van der Waals surface area (Å²) in [6, 6.07) is 5.20. The Bertz CT molecular complexity index is 1060. The number of carbonyl (C=O) groups excluding carboxylic acids is 1. The zero-order valence-electron chi connectivity index (χ0n) is 14.2. The lowest BCUT2D eigenvalue weighted by atomic mass is 10.2. The molecule has 1 aromatic carbocycles. The van der Waals surface area contributed by atoms with Crippen LogP contribution in [0, 0.1) is 0 Å². The predicted molar refractivity (Wildman–Crippen MR) is 104 cm³/mol. The first-order valence-electron chi connectivity index (χ1n) is 7.71. The summed E-state index contributed by atoms with van der Waals surface area (Å²) in [5.74, 6) is -1.17. The lowest BCUT2D eigenvalue weighted by molar-refractivity contribution is -0.274. The standard InChI is InChI=1S/C16H12ClF3N6O2S/c17-9-6-23-15(26-13(9)25-14-8(12(22)27)3-4-29-14)24-10-2-1-7(21)5-11(10)28-16(18,19)20/h1-6H,21H2,(H2,22,27)(H2,23,24,25,26). The van der Waals surface area contributed by atoms with E-state index < -0.39 is 18.0 Å². The number of thiophene rings is 1. The number of rotatable bonds is 6. The normalized spacial score (nSPS) is 11.2. The first kappa shape index (κ1) is 20.5. The Morgan fingerprint density at radius 2 is 2.00 bits per heavy atom. The van der Waals surface area contributed by atoms with Gasteiger partial charge in [0.1, 0.15) is 10.0 Å². The second kappa shape index (κ2) is 8.01. The van der Waals surface area contributed by atoms with Crippen molar-refractivity contribution < 1.29 is 22.7 Å². The molecule has 8 nitrogen and oxygen atoms in total. The lowest BCUT2D eigenvalue weighted by Gasteiger charge is -2.15. The number of ether oxygens (including phenoxy) is 1. The molecule has 0 bridgehead atoms. The average molecular weight is 445 g/mol. The van der Waals surface area contributed by atoms with Crippen LogP contribution in [0.2, 0.25) is 5.02 Å². The molecule has 0 fully saturated rings. The Morgan fingerprint density at radius 3 is 2.69 bits per heavy atom. The van der Waals surface area contributed by atoms with Gasteiger partial charge in [-0.2, -0.15) is 4.98 Å². The summed E-state index contributed by atoms with van der Waals surface area (Å²) < 4.78 is 41.9. The Balaban J connectivity index is 1.89. The highest BCUT2D eigenvalue weighted by Gasteiger charge is 2.32. The highest BCUT2D eigenvalue weighted by molar-refractivity contribution is 7.14. The number of anilines is 5. The third-order valence-electron chi connectivity index (χ3n) is 3.38. The fourth-order valence-corrected chi connectivity index (χ4v) is 3.12. The van der Waals surface area contributed by atoms with Crippen molar-refractivity contribution in [3.63, 3.8) is 0 Å². The molecule has 2 heterocycles. The van der Waals surface area contributed by atoms with Crippen molar-refractivity contribution in [2.45, 2.75) is 6.36 Å². The number of primary amides is 1. The fraction of sp³-hybridized carbons (Fsp3) is 0.0625. The van der Waals surface area contributed by atoms with Crippen LogP contribution in [0.15, 0.2) is 35.8 Å². The van der Waals surface area contributed by atoms with Crippen molar-refractivity contribution in [3.05, 3.63) is 46.4 Å². The van der Waals surface area contributed by atoms with Crippen molar-refractivity contribution >= 4 is 57.0 Å². The Kier molecular flexibility index (Phi) is 5.66. The van der Waals surface area contributed by atoms with E-state index in [-0.39, 0.29) is 33.7 Å². The molecule has 29 heavy (non-hydrogen) atoms. The van der Waals surface area contributed by atoms with Gasteiger partial charge in [0.2, 0.25) is 5.95 Å². The number of hydrogen-bond acceptors (Lipinski definition) is 8. The van der Waals surface area contributed by atoms with Gasteiger partial charge in [-0.1, -0.05) is 11.6 Å². The van der Waals surface area contributed by atoms with Crippen LogP contribution < -0.4 is 26.8 Å². The van der Waals surface area contributed by atoms with Gasteiger partial charge in [-0.3, -0.25) is 4.79 Å². The second-order valence-corrected chi connectivity index (χ2v) is 6.79. The minimum Gasteiger partial charge on any atom is -0.403 e. The predicted octanol–water partition coefficient (Wildman–Crippen LogP) is 4.26. The minimum atomic E-state index is -4.91. The molecule has 3 aromatic rings. The highest BCUT2D eigenvalue weighted by atomic mass is 35.5. The van der Waals surface area contributed by atoms with Crippen molar-refractivity contribution in [3.8, 4) is 5.75 Å². The first-order valence-corrected chi connectivity index (χ1v) is 8.97. The van der Waals surface area contributed by atoms with Crippen LogP contribution in [0.5, 0.6) is 5.75 Å². The Morgan fingerprint density at radius 1 is 1.24 bits per heavy atom. The van der Waals surface area contributed by atoms with Gasteiger partial charge in [-0.05, 0) is 23.6 Å². The van der Waals surface area contributed by atoms with Crippen molar-refractivity contribution in [2.24, 2.45) is 5.73 Å². The Hall–Kier alpha value is -3.25. The number of nitrogens with one attached hydrogen (secondary N) is 2. The van der Waals surface area contributed by atoms with Crippen molar-refractivity contribution in [1.29, 1.82) is 0 Å². The molecular weight excluding hydrogens is 433 g/mol. The maximum Gasteiger partial charge on any atom is 0.573 e. The number of halogens is 4. The summed E-state index contributed by atoms with van der Waals surface area (Å²) in [5, 5.41) is 7.63. The zero-order chi connectivity index (χ0) is 21.2. The first-order chi connectivity index (χ1) is 13.6. The summed E-state index contributed by atoms with van der Waals surface area (Å²) >= 11 is 7.26. The molecule has 2 aromatic heterocycles. The molecule has 0 saturated carbocycles. The van der Waals surface area contributed by atoms with Gasteiger partial charge in [0.05, 0.1) is 17.4 Å². The van der Waals surface area contributed by atoms with E-state index in [1.807, 2.05) is 0 Å². The number of amides is 1. The van der Waals surface area contributed by atoms with Crippen LogP contribution in [0.4, 0.5) is 41.3 Å². The maximum absolute atomic E-state index is 12.6. The van der Waals surface area contributed by atoms with Gasteiger partial charge in [0.15, 0.2) is 11.6 Å². The third kappa shape index (κ3) is 5.18. The summed E-state index contributed by atoms with van der Waals surface area (Å²) in [4.78, 5) is 19.5. The van der Waals surface area contributed by atoms with E-state index in [1.165, 1.54) is 35.7 Å². The molecule has 0 aliphatic heterocycles. The van der Waals surface area contributed by atoms with Crippen LogP contribution in [0.3, 0.4) is 0 Å². The second-order valence-electron chi connectivity index (χ2n) is 5.47. The van der Waals surface area contributed by atoms with Crippen LogP contribution in [-0.2, 0) is 0 Å². The molecule has 0 atom stereocenters. The van der Waals surface area contributed by atoms with Crippen LogP contribution in [0.25, 0.3) is 0 Å². The fourth-order valence-electron chi connectivity index (χ4n) is 2.19. The molecule has 1 amide bonds. The third-order valence-corrected chi connectivity index (χ3v) is 4.49. The topological polar surface area (TPSA) is 128 Å². The molecular formula is C16H12ClF3N6O2S. The number of nitrogens with zero attached hydrogens (tertiary/aromatic N) is 2. The SMILES string of the molecule is NC(=O)c1ccsc1Nc1nc(Nc2ccc(N)cc2OC(F)(F)F)ncc1Cl. The number of benzene rings is 1. The zero-order valence-corrected chi connectivity index (χ0v) is 15.8. The van der Waals surface area contributed by atoms with E-state index in [1.54, 1.807) is 5.38 Å². The van der Waals surface area contributed by atoms with Gasteiger partial charge in [0.25, 0.3) is 5.91 Å². The van der Waals surface area contributed by atoms with E-state index >= 15 is 0 Å². The van der Waals surface area contributed by atoms with Crippen LogP contribution in [0.1, 0.15) is 10.4 Å². The Labute approximate surface area is 170 Å². The summed E-state index contributed by atoms with van der Waals surface area (Å²) in [6.07, 6.45) is -3.68. The van der Waals surface area contributed by atoms with Gasteiger partial charge in [0, 0.05) is 11.8 Å². The molecule has 0 unspecified atom stereocenters. The number of alkyl halides is 3. The summed E-state index contributed by atoms with van der Waals surface area (Å²) in [5.41, 5.74) is 11.1. The molecule has 13 heteroatoms. The summed E-state index contributed by atoms with van der Waals surface area (Å²) in [6.45, 7) is 0. The average Bonchev–Trinajstić information content (AvgIpc) is 3.07. The smallest absolute Gasteiger partial charge is 0.403 e. The van der Waals surface area contributed by atoms with E-state index in [2.05, 4.69) is 25.3 Å². The number of nitrogens with two attached hydrogens (primary N) is 2. The number of carbonyl (C=O) groups is 1. The molecule has 0 saturated heterocycles. The van der Waals surface area contributed by atoms with Gasteiger partial charge in [-0.15, -0.1) is 24.5 Å². The van der Waals surface area contributed by atoms with E-state index in [0.717, 1.165) is 6.07 Å². The highest BCUT2D eigenvalue weighted by Crippen LogP contribution is 2.34. The molecule has 0 aliphatic rings. The largest absolute Gasteiger partial charge is 0.573 e. The number of nitrogen functional groups attached to an aromatic ring is 1. The number of hydrogen-bond donors (Lipinski definition) is 4. The minimum absolute atomic E-state index is 0.0706. The van der Waals surface area contributed by atoms with Crippen LogP contribution >= 0.6 is 22.9 Å². The van der Waals surface area contributed by atoms with Crippen molar-refractivity contribution in [2.75, 3.05) is 16.4 Å². The maximum atomic E-state index is 12.6. The lowest BCUT2D eigenvalue weighted by Crippen LogP contribution is -2.18. The molecule has 0 aliphatic carbocycles. The van der Waals surface area contributed by atoms with Gasteiger partial charge >= 0.3 is 6.36 Å². The van der Waals surface area contributed by atoms with Gasteiger partial charge in [-0.25, -0.2) is 4.98 Å². The van der Waals surface area contributed by atoms with E-state index in [4.69, 9.17) is 23.1 Å². The number of aromatic nitrogens is 2. The molecule has 0 spiro atoms. The monoisotopic (exact) mass is 444 g/mol. The molecule has 152 valence electrons. The van der Waals surface area contributed by atoms with E-state index in [0.29, 0.717) is 5.00 Å². The summed E-state index contributed by atoms with van der Waals surface area (Å²) in [7, 11) is 0. The molecule has 3 rings (SSSR count). The quantitative estimate of drug-likeness (QED) is 0.418. The van der Waals surface area contributed by atoms with Crippen LogP contribution in [-0.4, -0.2) is 22.2 Å². The molecule has 6 N–H and O–H groups in total. The van der Waals surface area contributed by atoms with E-state index in [9.17, 15) is 18.0 Å².